The summed E-state index contributed by atoms with van der Waals surface area (Å²) in [5, 5.41) is 13.8. The number of hydrogen-bond acceptors (Lipinski definition) is 5. The van der Waals surface area contributed by atoms with Crippen LogP contribution in [-0.2, 0) is 13.0 Å². The van der Waals surface area contributed by atoms with Crippen molar-refractivity contribution in [3.8, 4) is 22.9 Å². The smallest absolute Gasteiger partial charge is 0.191 e. The summed E-state index contributed by atoms with van der Waals surface area (Å²) in [4.78, 5) is 9.13. The molecule has 0 aliphatic carbocycles. The van der Waals surface area contributed by atoms with Gasteiger partial charge in [-0.15, -0.1) is 24.0 Å². The number of nitrogens with zero attached hydrogens (tertiary/aromatic N) is 3. The summed E-state index contributed by atoms with van der Waals surface area (Å²) in [6.07, 6.45) is 0.832. The van der Waals surface area contributed by atoms with Crippen LogP contribution in [0, 0.1) is 0 Å². The standard InChI is InChI=1S/C22H28N6O2.HI/c1-4-23-22(24-14-13-16-7-5-6-8-19(16)30-3)25-15-20-26-21(28-27-20)17-9-11-18(29-2)12-10-17;/h5-12H,4,13-15H2,1-3H3,(H2,23,24,25)(H,26,27,28);1H. The van der Waals surface area contributed by atoms with Crippen molar-refractivity contribution in [1.29, 1.82) is 0 Å². The van der Waals surface area contributed by atoms with Crippen LogP contribution in [-0.4, -0.2) is 48.5 Å². The lowest BCUT2D eigenvalue weighted by Gasteiger charge is -2.12. The van der Waals surface area contributed by atoms with E-state index in [0.717, 1.165) is 48.1 Å². The largest absolute Gasteiger partial charge is 0.497 e. The lowest BCUT2D eigenvalue weighted by molar-refractivity contribution is 0.409. The molecule has 0 radical (unpaired) electrons. The van der Waals surface area contributed by atoms with Gasteiger partial charge in [-0.3, -0.25) is 5.10 Å². The zero-order valence-electron chi connectivity index (χ0n) is 18.0. The highest BCUT2D eigenvalue weighted by Crippen LogP contribution is 2.19. The van der Waals surface area contributed by atoms with Crippen LogP contribution >= 0.6 is 24.0 Å². The van der Waals surface area contributed by atoms with E-state index in [1.54, 1.807) is 14.2 Å². The van der Waals surface area contributed by atoms with Gasteiger partial charge in [0.1, 0.15) is 23.9 Å². The second kappa shape index (κ2) is 12.8. The van der Waals surface area contributed by atoms with E-state index in [4.69, 9.17) is 9.47 Å². The Hall–Kier alpha value is -2.82. The average molecular weight is 536 g/mol. The molecule has 0 fully saturated rings. The van der Waals surface area contributed by atoms with Crippen LogP contribution in [0.1, 0.15) is 18.3 Å². The summed E-state index contributed by atoms with van der Waals surface area (Å²) in [6.45, 7) is 3.94. The summed E-state index contributed by atoms with van der Waals surface area (Å²) >= 11 is 0. The third kappa shape index (κ3) is 7.12. The molecule has 166 valence electrons. The highest BCUT2D eigenvalue weighted by Gasteiger charge is 2.07. The summed E-state index contributed by atoms with van der Waals surface area (Å²) in [5.41, 5.74) is 2.08. The third-order valence-electron chi connectivity index (χ3n) is 4.49. The Kier molecular flexibility index (Phi) is 10.1. The molecule has 3 N–H and O–H groups in total. The minimum atomic E-state index is 0. The van der Waals surface area contributed by atoms with Crippen molar-refractivity contribution in [3.05, 3.63) is 59.9 Å². The van der Waals surface area contributed by atoms with Crippen molar-refractivity contribution in [3.63, 3.8) is 0 Å². The first-order chi connectivity index (χ1) is 14.7. The molecule has 0 spiro atoms. The van der Waals surface area contributed by atoms with Crippen molar-refractivity contribution < 1.29 is 9.47 Å². The quantitative estimate of drug-likeness (QED) is 0.221. The van der Waals surface area contributed by atoms with E-state index in [1.165, 1.54) is 0 Å². The highest BCUT2D eigenvalue weighted by atomic mass is 127. The number of aromatic nitrogens is 3. The van der Waals surface area contributed by atoms with Gasteiger partial charge in [-0.25, -0.2) is 9.98 Å². The molecule has 0 aliphatic heterocycles. The van der Waals surface area contributed by atoms with Gasteiger partial charge in [-0.05, 0) is 49.2 Å². The molecule has 0 aliphatic rings. The fourth-order valence-electron chi connectivity index (χ4n) is 2.96. The third-order valence-corrected chi connectivity index (χ3v) is 4.49. The van der Waals surface area contributed by atoms with E-state index in [2.05, 4.69) is 36.9 Å². The second-order valence-electron chi connectivity index (χ2n) is 6.52. The van der Waals surface area contributed by atoms with Crippen LogP contribution in [0.15, 0.2) is 53.5 Å². The molecule has 3 rings (SSSR count). The summed E-state index contributed by atoms with van der Waals surface area (Å²) < 4.78 is 10.6. The summed E-state index contributed by atoms with van der Waals surface area (Å²) in [7, 11) is 3.33. The van der Waals surface area contributed by atoms with E-state index in [9.17, 15) is 0 Å². The molecule has 0 bridgehead atoms. The molecule has 3 aromatic rings. The van der Waals surface area contributed by atoms with Gasteiger partial charge in [0.05, 0.1) is 14.2 Å². The Balaban J connectivity index is 0.00000341. The number of methoxy groups -OCH3 is 2. The number of hydrogen-bond donors (Lipinski definition) is 3. The van der Waals surface area contributed by atoms with Crippen LogP contribution in [0.3, 0.4) is 0 Å². The number of halogens is 1. The van der Waals surface area contributed by atoms with Crippen molar-refractivity contribution in [2.45, 2.75) is 19.9 Å². The van der Waals surface area contributed by atoms with Crippen LogP contribution in [0.4, 0.5) is 0 Å². The molecule has 1 heterocycles. The maximum Gasteiger partial charge on any atom is 0.191 e. The molecule has 0 atom stereocenters. The fourth-order valence-corrected chi connectivity index (χ4v) is 2.96. The van der Waals surface area contributed by atoms with Crippen molar-refractivity contribution in [2.75, 3.05) is 27.3 Å². The number of benzene rings is 2. The van der Waals surface area contributed by atoms with Crippen LogP contribution < -0.4 is 20.1 Å². The molecular weight excluding hydrogens is 507 g/mol. The molecule has 8 nitrogen and oxygen atoms in total. The minimum Gasteiger partial charge on any atom is -0.497 e. The Bertz CT molecular complexity index is 959. The lowest BCUT2D eigenvalue weighted by atomic mass is 10.1. The molecule has 1 aromatic heterocycles. The van der Waals surface area contributed by atoms with Crippen LogP contribution in [0.5, 0.6) is 11.5 Å². The van der Waals surface area contributed by atoms with Gasteiger partial charge < -0.3 is 20.1 Å². The number of ether oxygens (including phenoxy) is 2. The molecule has 2 aromatic carbocycles. The van der Waals surface area contributed by atoms with Gasteiger partial charge in [0, 0.05) is 18.7 Å². The topological polar surface area (TPSA) is 96.5 Å². The van der Waals surface area contributed by atoms with Crippen molar-refractivity contribution in [2.24, 2.45) is 4.99 Å². The van der Waals surface area contributed by atoms with Gasteiger partial charge in [0.15, 0.2) is 11.8 Å². The number of rotatable bonds is 9. The molecule has 0 unspecified atom stereocenters. The van der Waals surface area contributed by atoms with Crippen molar-refractivity contribution in [1.82, 2.24) is 25.8 Å². The second-order valence-corrected chi connectivity index (χ2v) is 6.52. The van der Waals surface area contributed by atoms with Gasteiger partial charge in [-0.1, -0.05) is 18.2 Å². The zero-order chi connectivity index (χ0) is 21.2. The molecule has 0 saturated heterocycles. The predicted octanol–water partition coefficient (Wildman–Crippen LogP) is 3.40. The maximum atomic E-state index is 5.41. The van der Waals surface area contributed by atoms with E-state index in [0.29, 0.717) is 18.2 Å². The Labute approximate surface area is 199 Å². The minimum absolute atomic E-state index is 0. The maximum absolute atomic E-state index is 5.41. The van der Waals surface area contributed by atoms with Gasteiger partial charge in [-0.2, -0.15) is 5.10 Å². The van der Waals surface area contributed by atoms with Gasteiger partial charge in [0.25, 0.3) is 0 Å². The van der Waals surface area contributed by atoms with Crippen LogP contribution in [0.2, 0.25) is 0 Å². The summed E-state index contributed by atoms with van der Waals surface area (Å²) in [5.74, 6) is 3.76. The van der Waals surface area contributed by atoms with Gasteiger partial charge in [0.2, 0.25) is 0 Å². The fraction of sp³-hybridized carbons (Fsp3) is 0.318. The highest BCUT2D eigenvalue weighted by molar-refractivity contribution is 14.0. The number of aliphatic imine (C=N–C) groups is 1. The van der Waals surface area contributed by atoms with E-state index >= 15 is 0 Å². The lowest BCUT2D eigenvalue weighted by Crippen LogP contribution is -2.38. The Morgan fingerprint density at radius 2 is 1.81 bits per heavy atom. The Morgan fingerprint density at radius 3 is 2.52 bits per heavy atom. The van der Waals surface area contributed by atoms with E-state index in [-0.39, 0.29) is 24.0 Å². The number of para-hydroxylation sites is 1. The monoisotopic (exact) mass is 536 g/mol. The molecule has 31 heavy (non-hydrogen) atoms. The average Bonchev–Trinajstić information content (AvgIpc) is 3.27. The molecule has 0 amide bonds. The number of aromatic amines is 1. The van der Waals surface area contributed by atoms with E-state index in [1.807, 2.05) is 49.4 Å². The zero-order valence-corrected chi connectivity index (χ0v) is 20.3. The first kappa shape index (κ1) is 24.4. The number of nitrogens with one attached hydrogen (secondary N) is 3. The number of H-pyrrole nitrogens is 1. The van der Waals surface area contributed by atoms with Gasteiger partial charge >= 0.3 is 0 Å². The first-order valence-corrected chi connectivity index (χ1v) is 9.93. The SMILES string of the molecule is CCNC(=NCc1nc(-c2ccc(OC)cc2)n[nH]1)NCCc1ccccc1OC.I. The van der Waals surface area contributed by atoms with Crippen LogP contribution in [0.25, 0.3) is 11.4 Å². The predicted molar refractivity (Wildman–Crippen MR) is 133 cm³/mol. The van der Waals surface area contributed by atoms with E-state index < -0.39 is 0 Å². The number of guanidine groups is 1. The summed E-state index contributed by atoms with van der Waals surface area (Å²) in [6, 6.07) is 15.7. The Morgan fingerprint density at radius 1 is 1.03 bits per heavy atom. The van der Waals surface area contributed by atoms with Crippen molar-refractivity contribution >= 4 is 29.9 Å². The molecule has 0 saturated carbocycles. The molecular formula is C22H29IN6O2. The molecule has 9 heteroatoms. The normalized spacial score (nSPS) is 10.9. The first-order valence-electron chi connectivity index (χ1n) is 9.93.